The SMILES string of the molecule is O=C(c1ccc(S(=O)(=O)N2CCOCC2)o1)N1CCc2ccccc21. The molecule has 1 aromatic heterocycles. The monoisotopic (exact) mass is 362 g/mol. The van der Waals surface area contributed by atoms with Crippen molar-refractivity contribution in [1.29, 1.82) is 0 Å². The molecule has 2 aromatic rings. The van der Waals surface area contributed by atoms with Gasteiger partial charge in [0.1, 0.15) is 0 Å². The summed E-state index contributed by atoms with van der Waals surface area (Å²) >= 11 is 0. The van der Waals surface area contributed by atoms with Gasteiger partial charge in [-0.1, -0.05) is 18.2 Å². The van der Waals surface area contributed by atoms with Crippen molar-refractivity contribution < 1.29 is 22.4 Å². The van der Waals surface area contributed by atoms with Crippen LogP contribution in [0, 0.1) is 0 Å². The van der Waals surface area contributed by atoms with Crippen LogP contribution in [-0.4, -0.2) is 51.5 Å². The molecule has 0 radical (unpaired) electrons. The number of rotatable bonds is 3. The number of sulfonamides is 1. The number of para-hydroxylation sites is 1. The first-order valence-electron chi connectivity index (χ1n) is 8.15. The van der Waals surface area contributed by atoms with Crippen LogP contribution in [0.3, 0.4) is 0 Å². The van der Waals surface area contributed by atoms with Gasteiger partial charge in [-0.25, -0.2) is 8.42 Å². The second-order valence-corrected chi connectivity index (χ2v) is 7.84. The fourth-order valence-corrected chi connectivity index (χ4v) is 4.49. The van der Waals surface area contributed by atoms with Gasteiger partial charge >= 0.3 is 0 Å². The van der Waals surface area contributed by atoms with Crippen LogP contribution >= 0.6 is 0 Å². The van der Waals surface area contributed by atoms with Gasteiger partial charge in [0.05, 0.1) is 13.2 Å². The van der Waals surface area contributed by atoms with Gasteiger partial charge in [0.15, 0.2) is 5.76 Å². The van der Waals surface area contributed by atoms with Crippen LogP contribution in [0.4, 0.5) is 5.69 Å². The Morgan fingerprint density at radius 2 is 1.76 bits per heavy atom. The minimum Gasteiger partial charge on any atom is -0.438 e. The molecular formula is C17H18N2O5S. The molecule has 2 aliphatic heterocycles. The second-order valence-electron chi connectivity index (χ2n) is 5.97. The van der Waals surface area contributed by atoms with E-state index in [1.54, 1.807) is 4.90 Å². The largest absolute Gasteiger partial charge is 0.438 e. The summed E-state index contributed by atoms with van der Waals surface area (Å²) in [5, 5.41) is -0.203. The van der Waals surface area contributed by atoms with Gasteiger partial charge < -0.3 is 14.1 Å². The Bertz CT molecular complexity index is 899. The molecule has 1 saturated heterocycles. The highest BCUT2D eigenvalue weighted by molar-refractivity contribution is 7.89. The van der Waals surface area contributed by atoms with Gasteiger partial charge in [0.2, 0.25) is 5.09 Å². The zero-order valence-corrected chi connectivity index (χ0v) is 14.4. The Hall–Kier alpha value is -2.16. The fourth-order valence-electron chi connectivity index (χ4n) is 3.17. The van der Waals surface area contributed by atoms with E-state index in [0.717, 1.165) is 17.7 Å². The van der Waals surface area contributed by atoms with Gasteiger partial charge in [-0.2, -0.15) is 4.31 Å². The van der Waals surface area contributed by atoms with E-state index in [0.29, 0.717) is 19.8 Å². The third-order valence-corrected chi connectivity index (χ3v) is 6.26. The minimum atomic E-state index is -3.74. The average molecular weight is 362 g/mol. The van der Waals surface area contributed by atoms with Crippen LogP contribution in [0.15, 0.2) is 45.9 Å². The number of amides is 1. The Morgan fingerprint density at radius 3 is 2.56 bits per heavy atom. The van der Waals surface area contributed by atoms with E-state index in [-0.39, 0.29) is 29.8 Å². The van der Waals surface area contributed by atoms with Crippen molar-refractivity contribution in [3.05, 3.63) is 47.7 Å². The molecule has 1 fully saturated rings. The van der Waals surface area contributed by atoms with Crippen LogP contribution in [0.1, 0.15) is 16.1 Å². The lowest BCUT2D eigenvalue weighted by atomic mass is 10.2. The second kappa shape index (κ2) is 6.29. The summed E-state index contributed by atoms with van der Waals surface area (Å²) in [7, 11) is -3.74. The van der Waals surface area contributed by atoms with Gasteiger partial charge in [-0.05, 0) is 30.2 Å². The number of nitrogens with zero attached hydrogens (tertiary/aromatic N) is 2. The molecule has 0 saturated carbocycles. The maximum Gasteiger partial charge on any atom is 0.294 e. The first kappa shape index (κ1) is 16.3. The van der Waals surface area contributed by atoms with Crippen molar-refractivity contribution in [1.82, 2.24) is 4.31 Å². The standard InChI is InChI=1S/C17H18N2O5S/c20-17(19-8-7-13-3-1-2-4-14(13)19)15-5-6-16(24-15)25(21,22)18-9-11-23-12-10-18/h1-6H,7-12H2. The van der Waals surface area contributed by atoms with Crippen molar-refractivity contribution in [2.45, 2.75) is 11.5 Å². The van der Waals surface area contributed by atoms with E-state index < -0.39 is 10.0 Å². The van der Waals surface area contributed by atoms with Gasteiger partial charge in [0, 0.05) is 25.3 Å². The lowest BCUT2D eigenvalue weighted by molar-refractivity contribution is 0.0723. The molecule has 0 spiro atoms. The molecule has 1 aromatic carbocycles. The maximum absolute atomic E-state index is 12.7. The minimum absolute atomic E-state index is 0.0311. The lowest BCUT2D eigenvalue weighted by Crippen LogP contribution is -2.40. The van der Waals surface area contributed by atoms with Crippen molar-refractivity contribution >= 4 is 21.6 Å². The summed E-state index contributed by atoms with van der Waals surface area (Å²) < 4.78 is 37.1. The van der Waals surface area contributed by atoms with Crippen molar-refractivity contribution in [2.75, 3.05) is 37.7 Å². The Balaban J connectivity index is 1.58. The molecule has 0 bridgehead atoms. The molecule has 0 aliphatic carbocycles. The third kappa shape index (κ3) is 2.86. The molecule has 25 heavy (non-hydrogen) atoms. The number of carbonyl (C=O) groups is 1. The van der Waals surface area contributed by atoms with Crippen molar-refractivity contribution in [3.8, 4) is 0 Å². The number of fused-ring (bicyclic) bond motifs is 1. The highest BCUT2D eigenvalue weighted by atomic mass is 32.2. The van der Waals surface area contributed by atoms with E-state index in [1.165, 1.54) is 16.4 Å². The smallest absolute Gasteiger partial charge is 0.294 e. The fraction of sp³-hybridized carbons (Fsp3) is 0.353. The zero-order valence-electron chi connectivity index (χ0n) is 13.6. The average Bonchev–Trinajstić information content (AvgIpc) is 3.30. The van der Waals surface area contributed by atoms with Crippen LogP contribution in [-0.2, 0) is 21.2 Å². The lowest BCUT2D eigenvalue weighted by Gasteiger charge is -2.24. The topological polar surface area (TPSA) is 80.1 Å². The van der Waals surface area contributed by atoms with E-state index in [2.05, 4.69) is 0 Å². The van der Waals surface area contributed by atoms with E-state index in [9.17, 15) is 13.2 Å². The number of anilines is 1. The van der Waals surface area contributed by atoms with Gasteiger partial charge in [0.25, 0.3) is 15.9 Å². The maximum atomic E-state index is 12.7. The first-order chi connectivity index (χ1) is 12.1. The summed E-state index contributed by atoms with van der Waals surface area (Å²) in [4.78, 5) is 14.4. The number of hydrogen-bond donors (Lipinski definition) is 0. The van der Waals surface area contributed by atoms with Crippen LogP contribution in [0.2, 0.25) is 0 Å². The molecule has 8 heteroatoms. The van der Waals surface area contributed by atoms with E-state index in [4.69, 9.17) is 9.15 Å². The molecule has 7 nitrogen and oxygen atoms in total. The first-order valence-corrected chi connectivity index (χ1v) is 9.59. The molecule has 1 amide bonds. The molecule has 0 unspecified atom stereocenters. The summed E-state index contributed by atoms with van der Waals surface area (Å²) in [5.41, 5.74) is 1.95. The molecule has 3 heterocycles. The Kier molecular flexibility index (Phi) is 4.10. The molecular weight excluding hydrogens is 344 g/mol. The summed E-state index contributed by atoms with van der Waals surface area (Å²) in [6.45, 7) is 1.84. The summed E-state index contributed by atoms with van der Waals surface area (Å²) in [5.74, 6) is -0.295. The molecule has 132 valence electrons. The van der Waals surface area contributed by atoms with Gasteiger partial charge in [-0.15, -0.1) is 0 Å². The van der Waals surface area contributed by atoms with E-state index >= 15 is 0 Å². The van der Waals surface area contributed by atoms with Gasteiger partial charge in [-0.3, -0.25) is 4.79 Å². The number of carbonyl (C=O) groups excluding carboxylic acids is 1. The Morgan fingerprint density at radius 1 is 1.00 bits per heavy atom. The highest BCUT2D eigenvalue weighted by Crippen LogP contribution is 2.30. The van der Waals surface area contributed by atoms with Crippen molar-refractivity contribution in [3.63, 3.8) is 0 Å². The quantitative estimate of drug-likeness (QED) is 0.827. The molecule has 4 rings (SSSR count). The molecule has 2 aliphatic rings. The van der Waals surface area contributed by atoms with E-state index in [1.807, 2.05) is 24.3 Å². The Labute approximate surface area is 145 Å². The normalized spacial score (nSPS) is 18.3. The summed E-state index contributed by atoms with van der Waals surface area (Å²) in [6, 6.07) is 10.5. The third-order valence-electron chi connectivity index (χ3n) is 4.49. The number of furan rings is 1. The predicted molar refractivity (Wildman–Crippen MR) is 90.1 cm³/mol. The number of benzene rings is 1. The predicted octanol–water partition coefficient (Wildman–Crippen LogP) is 1.50. The van der Waals surface area contributed by atoms with Crippen LogP contribution < -0.4 is 4.90 Å². The molecule has 0 N–H and O–H groups in total. The van der Waals surface area contributed by atoms with Crippen LogP contribution in [0.5, 0.6) is 0 Å². The number of ether oxygens (including phenoxy) is 1. The number of hydrogen-bond acceptors (Lipinski definition) is 5. The summed E-state index contributed by atoms with van der Waals surface area (Å²) in [6.07, 6.45) is 0.779. The number of morpholine rings is 1. The van der Waals surface area contributed by atoms with Crippen molar-refractivity contribution in [2.24, 2.45) is 0 Å². The highest BCUT2D eigenvalue weighted by Gasteiger charge is 2.32. The molecule has 0 atom stereocenters. The van der Waals surface area contributed by atoms with Crippen LogP contribution in [0.25, 0.3) is 0 Å². The zero-order chi connectivity index (χ0) is 17.4.